The minimum atomic E-state index is 0.0135. The molecule has 2 heterocycles. The van der Waals surface area contributed by atoms with Crippen molar-refractivity contribution >= 4 is 35.1 Å². The highest BCUT2D eigenvalue weighted by Gasteiger charge is 2.24. The predicted octanol–water partition coefficient (Wildman–Crippen LogP) is 5.03. The number of H-pyrrole nitrogens is 1. The molecule has 0 aliphatic rings. The van der Waals surface area contributed by atoms with Gasteiger partial charge in [-0.25, -0.2) is 9.98 Å². The van der Waals surface area contributed by atoms with E-state index in [0.29, 0.717) is 17.6 Å². The average molecular weight is 439 g/mol. The molecule has 170 valence electrons. The van der Waals surface area contributed by atoms with Crippen LogP contribution in [0.25, 0.3) is 11.2 Å². The molecular formula is C22H39ClN6O. The number of quaternary nitrogens is 1. The highest BCUT2D eigenvalue weighted by molar-refractivity contribution is 6.33. The van der Waals surface area contributed by atoms with Crippen molar-refractivity contribution in [3.63, 3.8) is 0 Å². The van der Waals surface area contributed by atoms with E-state index in [0.717, 1.165) is 0 Å². The van der Waals surface area contributed by atoms with E-state index in [4.69, 9.17) is 11.6 Å². The van der Waals surface area contributed by atoms with Crippen molar-refractivity contribution in [2.45, 2.75) is 79.1 Å². The zero-order valence-corrected chi connectivity index (χ0v) is 19.9. The Labute approximate surface area is 186 Å². The molecule has 0 amide bonds. The third-order valence-electron chi connectivity index (χ3n) is 5.34. The summed E-state index contributed by atoms with van der Waals surface area (Å²) in [6, 6.07) is 0. The first-order chi connectivity index (χ1) is 14.6. The minimum Gasteiger partial charge on any atom is -0.864 e. The second-order valence-electron chi connectivity index (χ2n) is 7.80. The van der Waals surface area contributed by atoms with Crippen LogP contribution in [-0.4, -0.2) is 57.0 Å². The van der Waals surface area contributed by atoms with E-state index >= 15 is 0 Å². The van der Waals surface area contributed by atoms with Crippen molar-refractivity contribution in [1.82, 2.24) is 19.9 Å². The molecule has 1 N–H and O–H groups in total. The standard InChI is InChI=1S/C16H36N.C6H4ClN5O/c1-5-9-13-17(14-10-6-2,15-11-7-3)16-12-8-4;7-4-3-5(9-1-8-3)12-6(11-4)10-2-13/h5-16H2,1-4H3;1-2H,(H2,8,9,10,11,12,13)/q+1;/p-1. The molecule has 2 rings (SSSR count). The smallest absolute Gasteiger partial charge is 0.251 e. The van der Waals surface area contributed by atoms with Gasteiger partial charge >= 0.3 is 0 Å². The summed E-state index contributed by atoms with van der Waals surface area (Å²) in [6.07, 6.45) is 12.9. The Morgan fingerprint density at radius 3 is 1.87 bits per heavy atom. The monoisotopic (exact) mass is 438 g/mol. The molecule has 0 aliphatic carbocycles. The Bertz CT molecular complexity index is 696. The van der Waals surface area contributed by atoms with Crippen molar-refractivity contribution in [2.75, 3.05) is 26.2 Å². The summed E-state index contributed by atoms with van der Waals surface area (Å²) in [5, 5.41) is 10.2. The number of aromatic nitrogens is 4. The Morgan fingerprint density at radius 1 is 0.933 bits per heavy atom. The fraction of sp³-hybridized carbons (Fsp3) is 0.727. The third-order valence-corrected chi connectivity index (χ3v) is 5.62. The highest BCUT2D eigenvalue weighted by Crippen LogP contribution is 2.19. The van der Waals surface area contributed by atoms with Gasteiger partial charge in [0.05, 0.1) is 32.5 Å². The molecule has 2 aromatic rings. The lowest BCUT2D eigenvalue weighted by Gasteiger charge is -2.39. The van der Waals surface area contributed by atoms with E-state index in [1.165, 1.54) is 88.4 Å². The number of halogens is 1. The normalized spacial score (nSPS) is 11.8. The number of imidazole rings is 1. The van der Waals surface area contributed by atoms with Crippen molar-refractivity contribution in [3.8, 4) is 0 Å². The average Bonchev–Trinajstić information content (AvgIpc) is 3.23. The topological polar surface area (TPSA) is 89.9 Å². The van der Waals surface area contributed by atoms with Crippen LogP contribution in [0, 0.1) is 0 Å². The Morgan fingerprint density at radius 2 is 1.43 bits per heavy atom. The molecule has 0 spiro atoms. The molecule has 0 bridgehead atoms. The van der Waals surface area contributed by atoms with E-state index in [2.05, 4.69) is 52.6 Å². The molecule has 30 heavy (non-hydrogen) atoms. The van der Waals surface area contributed by atoms with E-state index < -0.39 is 0 Å². The zero-order valence-electron chi connectivity index (χ0n) is 19.2. The molecule has 0 fully saturated rings. The first kappa shape index (κ1) is 26.3. The predicted molar refractivity (Wildman–Crippen MR) is 124 cm³/mol. The summed E-state index contributed by atoms with van der Waals surface area (Å²) in [7, 11) is 0. The van der Waals surface area contributed by atoms with Crippen LogP contribution in [0.5, 0.6) is 0 Å². The van der Waals surface area contributed by atoms with Crippen molar-refractivity contribution < 1.29 is 9.59 Å². The number of hydrogen-bond acceptors (Lipinski definition) is 5. The highest BCUT2D eigenvalue weighted by atomic mass is 35.5. The number of fused-ring (bicyclic) bond motifs is 1. The van der Waals surface area contributed by atoms with Crippen molar-refractivity contribution in [3.05, 3.63) is 11.5 Å². The minimum absolute atomic E-state index is 0.0135. The summed E-state index contributed by atoms with van der Waals surface area (Å²) >= 11 is 5.74. The molecular weight excluding hydrogens is 400 g/mol. The molecule has 8 heteroatoms. The zero-order chi connectivity index (χ0) is 22.2. The second kappa shape index (κ2) is 15.1. The first-order valence-electron chi connectivity index (χ1n) is 11.4. The summed E-state index contributed by atoms with van der Waals surface area (Å²) < 4.78 is 1.42. The number of nitrogens with one attached hydrogen (secondary N) is 1. The van der Waals surface area contributed by atoms with Crippen LogP contribution >= 0.6 is 11.6 Å². The number of aliphatic imine (C=N–C) groups is 1. The number of aromatic amines is 1. The van der Waals surface area contributed by atoms with Gasteiger partial charge in [0.25, 0.3) is 5.95 Å². The largest absolute Gasteiger partial charge is 0.864 e. The van der Waals surface area contributed by atoms with Crippen LogP contribution in [0.4, 0.5) is 5.95 Å². The number of hydrogen-bond donors (Lipinski definition) is 1. The van der Waals surface area contributed by atoms with E-state index in [1.807, 2.05) is 0 Å². The van der Waals surface area contributed by atoms with E-state index in [1.54, 1.807) is 0 Å². The lowest BCUT2D eigenvalue weighted by molar-refractivity contribution is -0.929. The lowest BCUT2D eigenvalue weighted by Crippen LogP contribution is -2.50. The summed E-state index contributed by atoms with van der Waals surface area (Å²) in [6.45, 7) is 15.0. The molecule has 0 aromatic carbocycles. The van der Waals surface area contributed by atoms with Gasteiger partial charge in [-0.1, -0.05) is 65.0 Å². The summed E-state index contributed by atoms with van der Waals surface area (Å²) in [5.41, 5.74) is 0.923. The third kappa shape index (κ3) is 8.96. The second-order valence-corrected chi connectivity index (χ2v) is 8.16. The summed E-state index contributed by atoms with van der Waals surface area (Å²) in [5.74, 6) is 0.0135. The van der Waals surface area contributed by atoms with Gasteiger partial charge in [-0.15, -0.1) is 0 Å². The number of unbranched alkanes of at least 4 members (excludes halogenated alkanes) is 4. The summed E-state index contributed by atoms with van der Waals surface area (Å²) in [4.78, 5) is 17.6. The maximum Gasteiger partial charge on any atom is 0.251 e. The van der Waals surface area contributed by atoms with Gasteiger partial charge in [0.15, 0.2) is 10.8 Å². The van der Waals surface area contributed by atoms with Crippen molar-refractivity contribution in [1.29, 1.82) is 0 Å². The Balaban J connectivity index is 0.000000308. The van der Waals surface area contributed by atoms with Gasteiger partial charge in [-0.05, 0) is 32.1 Å². The van der Waals surface area contributed by atoms with Crippen LogP contribution in [0.3, 0.4) is 0 Å². The Kier molecular flexibility index (Phi) is 13.3. The molecule has 7 nitrogen and oxygen atoms in total. The molecule has 2 aromatic heterocycles. The molecule has 0 unspecified atom stereocenters. The van der Waals surface area contributed by atoms with Gasteiger partial charge < -0.3 is 14.6 Å². The SMILES string of the molecule is CCCC[N+](CCCC)(CCCC)CCCC.[O-]/C=N\c1nc(Cl)c2[nH]cnc2n1. The van der Waals surface area contributed by atoms with Gasteiger partial charge in [0.1, 0.15) is 5.52 Å². The fourth-order valence-electron chi connectivity index (χ4n) is 3.54. The van der Waals surface area contributed by atoms with Crippen LogP contribution in [-0.2, 0) is 0 Å². The van der Waals surface area contributed by atoms with Crippen LogP contribution in [0.1, 0.15) is 79.1 Å². The van der Waals surface area contributed by atoms with Crippen molar-refractivity contribution in [2.24, 2.45) is 4.99 Å². The van der Waals surface area contributed by atoms with Gasteiger partial charge in [0, 0.05) is 0 Å². The lowest BCUT2D eigenvalue weighted by atomic mass is 10.1. The molecule has 0 saturated carbocycles. The first-order valence-corrected chi connectivity index (χ1v) is 11.8. The van der Waals surface area contributed by atoms with Gasteiger partial charge in [0.2, 0.25) is 0 Å². The van der Waals surface area contributed by atoms with Gasteiger partial charge in [-0.3, -0.25) is 0 Å². The number of nitrogens with zero attached hydrogens (tertiary/aromatic N) is 5. The molecule has 0 radical (unpaired) electrons. The number of rotatable bonds is 13. The molecule has 0 saturated heterocycles. The maximum absolute atomic E-state index is 10.0. The van der Waals surface area contributed by atoms with Crippen LogP contribution in [0.15, 0.2) is 11.3 Å². The van der Waals surface area contributed by atoms with Crippen LogP contribution < -0.4 is 5.11 Å². The maximum atomic E-state index is 10.0. The van der Waals surface area contributed by atoms with Crippen LogP contribution in [0.2, 0.25) is 5.15 Å². The quantitative estimate of drug-likeness (QED) is 0.205. The fourth-order valence-corrected chi connectivity index (χ4v) is 3.75. The Hall–Kier alpha value is -1.73. The molecule has 0 aliphatic heterocycles. The van der Waals surface area contributed by atoms with Gasteiger partial charge in [-0.2, -0.15) is 9.97 Å². The molecule has 0 atom stereocenters. The van der Waals surface area contributed by atoms with E-state index in [9.17, 15) is 5.11 Å². The van der Waals surface area contributed by atoms with E-state index in [-0.39, 0.29) is 11.1 Å².